The number of nitrogens with one attached hydrogen (secondary N) is 1. The van der Waals surface area contributed by atoms with Crippen LogP contribution in [-0.4, -0.2) is 30.6 Å². The summed E-state index contributed by atoms with van der Waals surface area (Å²) in [5.74, 6) is -0.0648. The molecule has 0 saturated heterocycles. The topological polar surface area (TPSA) is 64.4 Å². The number of methoxy groups -OCH3 is 1. The lowest BCUT2D eigenvalue weighted by atomic mass is 10.3. The van der Waals surface area contributed by atoms with E-state index in [1.807, 2.05) is 6.92 Å². The summed E-state index contributed by atoms with van der Waals surface area (Å²) in [7, 11) is 1.58. The van der Waals surface area contributed by atoms with E-state index in [0.29, 0.717) is 6.61 Å². The van der Waals surface area contributed by atoms with Crippen LogP contribution in [0.1, 0.15) is 17.5 Å². The van der Waals surface area contributed by atoms with Crippen LogP contribution in [0, 0.1) is 0 Å². The number of oxazole rings is 1. The Hall–Kier alpha value is -1.36. The van der Waals surface area contributed by atoms with Gasteiger partial charge in [0.15, 0.2) is 6.39 Å². The number of hydrogen-bond donors (Lipinski definition) is 1. The Bertz CT molecular complexity index is 258. The number of carbonyl (C=O) groups excluding carboxylic acids is 1. The van der Waals surface area contributed by atoms with Crippen molar-refractivity contribution in [3.05, 3.63) is 18.4 Å². The van der Waals surface area contributed by atoms with E-state index in [4.69, 9.17) is 9.15 Å². The van der Waals surface area contributed by atoms with Gasteiger partial charge >= 0.3 is 0 Å². The van der Waals surface area contributed by atoms with Crippen LogP contribution in [0.15, 0.2) is 17.0 Å². The Morgan fingerprint density at radius 1 is 1.85 bits per heavy atom. The molecule has 0 aliphatic heterocycles. The van der Waals surface area contributed by atoms with E-state index >= 15 is 0 Å². The molecule has 0 bridgehead atoms. The third kappa shape index (κ3) is 2.87. The number of nitrogens with zero attached hydrogens (tertiary/aromatic N) is 1. The van der Waals surface area contributed by atoms with Gasteiger partial charge < -0.3 is 14.5 Å². The van der Waals surface area contributed by atoms with Crippen LogP contribution in [0.25, 0.3) is 0 Å². The van der Waals surface area contributed by atoms with Gasteiger partial charge in [-0.1, -0.05) is 0 Å². The first-order chi connectivity index (χ1) is 6.24. The second-order valence-electron chi connectivity index (χ2n) is 2.70. The van der Waals surface area contributed by atoms with Gasteiger partial charge in [0, 0.05) is 13.2 Å². The highest BCUT2D eigenvalue weighted by atomic mass is 16.5. The molecule has 1 N–H and O–H groups in total. The molecule has 0 unspecified atom stereocenters. The zero-order valence-corrected chi connectivity index (χ0v) is 7.61. The monoisotopic (exact) mass is 184 g/mol. The minimum atomic E-state index is -0.276. The van der Waals surface area contributed by atoms with Crippen molar-refractivity contribution in [3.63, 3.8) is 0 Å². The molecule has 5 nitrogen and oxygen atoms in total. The van der Waals surface area contributed by atoms with E-state index in [1.54, 1.807) is 7.11 Å². The lowest BCUT2D eigenvalue weighted by molar-refractivity contribution is 0.0878. The van der Waals surface area contributed by atoms with Crippen molar-refractivity contribution < 1.29 is 13.9 Å². The fourth-order valence-electron chi connectivity index (χ4n) is 0.914. The van der Waals surface area contributed by atoms with Crippen LogP contribution >= 0.6 is 0 Å². The van der Waals surface area contributed by atoms with E-state index in [0.717, 1.165) is 0 Å². The standard InChI is InChI=1S/C8H12N2O3/c1-6(4-12-2)10-8(11)7-3-9-5-13-7/h3,5-6H,4H2,1-2H3,(H,10,11)/t6-/m0/s1. The Kier molecular flexibility index (Phi) is 3.45. The number of carbonyl (C=O) groups is 1. The highest BCUT2D eigenvalue weighted by molar-refractivity contribution is 5.91. The van der Waals surface area contributed by atoms with Crippen molar-refractivity contribution in [1.82, 2.24) is 10.3 Å². The highest BCUT2D eigenvalue weighted by Gasteiger charge is 2.11. The van der Waals surface area contributed by atoms with Crippen LogP contribution in [-0.2, 0) is 4.74 Å². The van der Waals surface area contributed by atoms with Crippen LogP contribution < -0.4 is 5.32 Å². The second kappa shape index (κ2) is 4.61. The summed E-state index contributed by atoms with van der Waals surface area (Å²) < 4.78 is 9.67. The van der Waals surface area contributed by atoms with Crippen molar-refractivity contribution in [1.29, 1.82) is 0 Å². The number of hydrogen-bond acceptors (Lipinski definition) is 4. The Morgan fingerprint density at radius 3 is 3.15 bits per heavy atom. The van der Waals surface area contributed by atoms with Gasteiger partial charge in [0.2, 0.25) is 5.76 Å². The molecule has 0 spiro atoms. The van der Waals surface area contributed by atoms with E-state index in [-0.39, 0.29) is 17.7 Å². The smallest absolute Gasteiger partial charge is 0.288 e. The summed E-state index contributed by atoms with van der Waals surface area (Å²) in [5.41, 5.74) is 0. The van der Waals surface area contributed by atoms with Crippen LogP contribution in [0.2, 0.25) is 0 Å². The molecule has 1 heterocycles. The molecule has 0 radical (unpaired) electrons. The lowest BCUT2D eigenvalue weighted by Crippen LogP contribution is -2.35. The minimum absolute atomic E-state index is 0.0393. The van der Waals surface area contributed by atoms with Gasteiger partial charge in [-0.3, -0.25) is 4.79 Å². The molecule has 1 amide bonds. The quantitative estimate of drug-likeness (QED) is 0.737. The lowest BCUT2D eigenvalue weighted by Gasteiger charge is -2.10. The first-order valence-corrected chi connectivity index (χ1v) is 3.92. The molecule has 1 aromatic heterocycles. The van der Waals surface area contributed by atoms with Crippen LogP contribution in [0.3, 0.4) is 0 Å². The molecule has 0 aliphatic rings. The average molecular weight is 184 g/mol. The van der Waals surface area contributed by atoms with Crippen molar-refractivity contribution in [2.24, 2.45) is 0 Å². The third-order valence-electron chi connectivity index (χ3n) is 1.45. The zero-order valence-electron chi connectivity index (χ0n) is 7.61. The van der Waals surface area contributed by atoms with E-state index in [1.165, 1.54) is 12.6 Å². The Labute approximate surface area is 76.1 Å². The van der Waals surface area contributed by atoms with E-state index in [2.05, 4.69) is 10.3 Å². The molecular weight excluding hydrogens is 172 g/mol. The molecule has 0 aliphatic carbocycles. The number of ether oxygens (including phenoxy) is 1. The SMILES string of the molecule is COC[C@H](C)NC(=O)c1cnco1. The predicted molar refractivity (Wildman–Crippen MR) is 45.3 cm³/mol. The highest BCUT2D eigenvalue weighted by Crippen LogP contribution is 1.96. The minimum Gasteiger partial charge on any atom is -0.438 e. The van der Waals surface area contributed by atoms with Crippen molar-refractivity contribution in [3.8, 4) is 0 Å². The summed E-state index contributed by atoms with van der Waals surface area (Å²) >= 11 is 0. The fourth-order valence-corrected chi connectivity index (χ4v) is 0.914. The Balaban J connectivity index is 2.42. The molecule has 13 heavy (non-hydrogen) atoms. The first kappa shape index (κ1) is 9.73. The summed E-state index contributed by atoms with van der Waals surface area (Å²) in [6.45, 7) is 2.32. The molecule has 0 saturated carbocycles. The summed E-state index contributed by atoms with van der Waals surface area (Å²) in [6, 6.07) is -0.0393. The molecule has 1 atom stereocenters. The molecule has 5 heteroatoms. The summed E-state index contributed by atoms with van der Waals surface area (Å²) in [5, 5.41) is 2.69. The number of amides is 1. The molecule has 0 fully saturated rings. The predicted octanol–water partition coefficient (Wildman–Crippen LogP) is 0.439. The maximum Gasteiger partial charge on any atom is 0.288 e. The average Bonchev–Trinajstić information content (AvgIpc) is 2.55. The van der Waals surface area contributed by atoms with Crippen LogP contribution in [0.4, 0.5) is 0 Å². The normalized spacial score (nSPS) is 12.5. The van der Waals surface area contributed by atoms with Gasteiger partial charge in [-0.25, -0.2) is 4.98 Å². The third-order valence-corrected chi connectivity index (χ3v) is 1.45. The van der Waals surface area contributed by atoms with Crippen LogP contribution in [0.5, 0.6) is 0 Å². The van der Waals surface area contributed by atoms with Crippen molar-refractivity contribution >= 4 is 5.91 Å². The molecular formula is C8H12N2O3. The van der Waals surface area contributed by atoms with E-state index < -0.39 is 0 Å². The fraction of sp³-hybridized carbons (Fsp3) is 0.500. The van der Waals surface area contributed by atoms with Gasteiger partial charge in [-0.2, -0.15) is 0 Å². The van der Waals surface area contributed by atoms with Gasteiger partial charge in [-0.05, 0) is 6.92 Å². The molecule has 72 valence electrons. The number of aromatic nitrogens is 1. The summed E-state index contributed by atoms with van der Waals surface area (Å²) in [6.07, 6.45) is 2.59. The summed E-state index contributed by atoms with van der Waals surface area (Å²) in [4.78, 5) is 14.9. The maximum absolute atomic E-state index is 11.3. The van der Waals surface area contributed by atoms with E-state index in [9.17, 15) is 4.79 Å². The van der Waals surface area contributed by atoms with Gasteiger partial charge in [0.1, 0.15) is 0 Å². The first-order valence-electron chi connectivity index (χ1n) is 3.92. The van der Waals surface area contributed by atoms with Gasteiger partial charge in [-0.15, -0.1) is 0 Å². The number of rotatable bonds is 4. The van der Waals surface area contributed by atoms with Gasteiger partial charge in [0.05, 0.1) is 12.8 Å². The van der Waals surface area contributed by atoms with Crippen molar-refractivity contribution in [2.45, 2.75) is 13.0 Å². The largest absolute Gasteiger partial charge is 0.438 e. The Morgan fingerprint density at radius 2 is 2.62 bits per heavy atom. The van der Waals surface area contributed by atoms with Gasteiger partial charge in [0.25, 0.3) is 5.91 Å². The molecule has 1 rings (SSSR count). The maximum atomic E-state index is 11.3. The zero-order chi connectivity index (χ0) is 9.68. The molecule has 1 aromatic rings. The molecule has 0 aromatic carbocycles. The van der Waals surface area contributed by atoms with Crippen molar-refractivity contribution in [2.75, 3.05) is 13.7 Å². The second-order valence-corrected chi connectivity index (χ2v) is 2.70.